The molecular weight excluding hydrogens is 408 g/mol. The molecule has 1 heterocycles. The molecule has 2 rings (SSSR count). The van der Waals surface area contributed by atoms with E-state index >= 15 is 0 Å². The number of amides is 1. The van der Waals surface area contributed by atoms with Gasteiger partial charge in [-0.1, -0.05) is 25.1 Å². The zero-order valence-electron chi connectivity index (χ0n) is 17.5. The van der Waals surface area contributed by atoms with Gasteiger partial charge in [0, 0.05) is 32.7 Å². The van der Waals surface area contributed by atoms with Crippen LogP contribution in [0.25, 0.3) is 0 Å². The maximum Gasteiger partial charge on any atom is 0.241 e. The SMILES string of the molecule is CCN1CCN(CCCNC(=O)C(CCSC)NS(=O)(=O)c2ccccc2)CC1. The summed E-state index contributed by atoms with van der Waals surface area (Å²) in [5.74, 6) is 0.450. The van der Waals surface area contributed by atoms with Crippen LogP contribution in [0.5, 0.6) is 0 Å². The minimum atomic E-state index is -3.72. The molecule has 1 atom stereocenters. The van der Waals surface area contributed by atoms with Crippen molar-refractivity contribution >= 4 is 27.7 Å². The quantitative estimate of drug-likeness (QED) is 0.474. The zero-order chi connectivity index (χ0) is 21.1. The second-order valence-electron chi connectivity index (χ2n) is 7.19. The van der Waals surface area contributed by atoms with Crippen LogP contribution in [0, 0.1) is 0 Å². The number of carbonyl (C=O) groups is 1. The van der Waals surface area contributed by atoms with E-state index in [1.807, 2.05) is 6.26 Å². The lowest BCUT2D eigenvalue weighted by Gasteiger charge is -2.34. The number of hydrogen-bond donors (Lipinski definition) is 2. The molecule has 1 unspecified atom stereocenters. The molecule has 9 heteroatoms. The van der Waals surface area contributed by atoms with Gasteiger partial charge in [0.05, 0.1) is 4.90 Å². The van der Waals surface area contributed by atoms with Crippen molar-refractivity contribution in [1.29, 1.82) is 0 Å². The average molecular weight is 443 g/mol. The molecule has 0 aliphatic carbocycles. The fourth-order valence-corrected chi connectivity index (χ4v) is 5.02. The fourth-order valence-electron chi connectivity index (χ4n) is 3.30. The zero-order valence-corrected chi connectivity index (χ0v) is 19.1. The van der Waals surface area contributed by atoms with Crippen molar-refractivity contribution in [3.63, 3.8) is 0 Å². The van der Waals surface area contributed by atoms with Crippen LogP contribution in [0.1, 0.15) is 19.8 Å². The standard InChI is InChI=1S/C20H34N4O3S2/c1-3-23-13-15-24(16-14-23)12-7-11-21-20(25)19(10-17-28-2)22-29(26,27)18-8-5-4-6-9-18/h4-6,8-9,19,22H,3,7,10-17H2,1-2H3,(H,21,25). The van der Waals surface area contributed by atoms with E-state index in [2.05, 4.69) is 26.8 Å². The third-order valence-corrected chi connectivity index (χ3v) is 7.27. The van der Waals surface area contributed by atoms with Crippen molar-refractivity contribution < 1.29 is 13.2 Å². The maximum absolute atomic E-state index is 12.6. The summed E-state index contributed by atoms with van der Waals surface area (Å²) in [5.41, 5.74) is 0. The highest BCUT2D eigenvalue weighted by atomic mass is 32.2. The van der Waals surface area contributed by atoms with E-state index in [4.69, 9.17) is 0 Å². The summed E-state index contributed by atoms with van der Waals surface area (Å²) in [6.07, 6.45) is 3.26. The van der Waals surface area contributed by atoms with E-state index in [-0.39, 0.29) is 10.8 Å². The first kappa shape index (κ1) is 24.1. The van der Waals surface area contributed by atoms with E-state index in [0.29, 0.717) is 18.7 Å². The average Bonchev–Trinajstić information content (AvgIpc) is 2.75. The number of thioether (sulfide) groups is 1. The number of sulfonamides is 1. The molecule has 0 spiro atoms. The summed E-state index contributed by atoms with van der Waals surface area (Å²) < 4.78 is 27.8. The number of piperazine rings is 1. The normalized spacial score (nSPS) is 17.2. The van der Waals surface area contributed by atoms with Gasteiger partial charge in [-0.3, -0.25) is 4.79 Å². The van der Waals surface area contributed by atoms with Crippen molar-refractivity contribution in [2.45, 2.75) is 30.7 Å². The fraction of sp³-hybridized carbons (Fsp3) is 0.650. The molecule has 1 amide bonds. The highest BCUT2D eigenvalue weighted by Crippen LogP contribution is 2.10. The lowest BCUT2D eigenvalue weighted by Crippen LogP contribution is -2.48. The highest BCUT2D eigenvalue weighted by molar-refractivity contribution is 7.98. The first-order valence-electron chi connectivity index (χ1n) is 10.2. The Kier molecular flexibility index (Phi) is 10.4. The van der Waals surface area contributed by atoms with Gasteiger partial charge >= 0.3 is 0 Å². The Hall–Kier alpha value is -1.13. The van der Waals surface area contributed by atoms with Crippen molar-refractivity contribution in [3.05, 3.63) is 30.3 Å². The van der Waals surface area contributed by atoms with Crippen LogP contribution in [-0.2, 0) is 14.8 Å². The Balaban J connectivity index is 1.81. The second-order valence-corrected chi connectivity index (χ2v) is 9.89. The molecule has 0 saturated carbocycles. The van der Waals surface area contributed by atoms with Crippen molar-refractivity contribution in [1.82, 2.24) is 19.8 Å². The number of rotatable bonds is 12. The van der Waals surface area contributed by atoms with E-state index in [0.717, 1.165) is 45.7 Å². The number of likely N-dealkylation sites (N-methyl/N-ethyl adjacent to an activating group) is 1. The molecule has 164 valence electrons. The molecule has 1 aliphatic heterocycles. The molecule has 1 aromatic rings. The van der Waals surface area contributed by atoms with E-state index in [9.17, 15) is 13.2 Å². The topological polar surface area (TPSA) is 81.8 Å². The first-order valence-corrected chi connectivity index (χ1v) is 13.1. The summed E-state index contributed by atoms with van der Waals surface area (Å²) in [5, 5.41) is 2.91. The number of hydrogen-bond acceptors (Lipinski definition) is 6. The number of carbonyl (C=O) groups excluding carboxylic acids is 1. The minimum Gasteiger partial charge on any atom is -0.355 e. The van der Waals surface area contributed by atoms with Gasteiger partial charge in [0.1, 0.15) is 6.04 Å². The molecule has 1 saturated heterocycles. The van der Waals surface area contributed by atoms with Crippen LogP contribution < -0.4 is 10.0 Å². The van der Waals surface area contributed by atoms with Gasteiger partial charge in [0.2, 0.25) is 15.9 Å². The molecular formula is C20H34N4O3S2. The first-order chi connectivity index (χ1) is 14.0. The summed E-state index contributed by atoms with van der Waals surface area (Å²) >= 11 is 1.59. The van der Waals surface area contributed by atoms with Gasteiger partial charge in [-0.15, -0.1) is 0 Å². The summed E-state index contributed by atoms with van der Waals surface area (Å²) in [4.78, 5) is 17.7. The van der Waals surface area contributed by atoms with Gasteiger partial charge in [-0.2, -0.15) is 16.5 Å². The van der Waals surface area contributed by atoms with Crippen molar-refractivity contribution in [2.24, 2.45) is 0 Å². The third-order valence-electron chi connectivity index (χ3n) is 5.14. The van der Waals surface area contributed by atoms with Gasteiger partial charge < -0.3 is 15.1 Å². The summed E-state index contributed by atoms with van der Waals surface area (Å²) in [6.45, 7) is 9.11. The van der Waals surface area contributed by atoms with Gasteiger partial charge in [-0.25, -0.2) is 8.42 Å². The molecule has 0 radical (unpaired) electrons. The Morgan fingerprint density at radius 2 is 1.79 bits per heavy atom. The molecule has 1 aromatic carbocycles. The van der Waals surface area contributed by atoms with Gasteiger partial charge in [0.15, 0.2) is 0 Å². The Morgan fingerprint density at radius 1 is 1.14 bits per heavy atom. The van der Waals surface area contributed by atoms with Crippen molar-refractivity contribution in [2.75, 3.05) is 57.8 Å². The van der Waals surface area contributed by atoms with E-state index in [1.54, 1.807) is 30.0 Å². The van der Waals surface area contributed by atoms with Crippen molar-refractivity contribution in [3.8, 4) is 0 Å². The van der Waals surface area contributed by atoms with E-state index in [1.165, 1.54) is 12.1 Å². The molecule has 29 heavy (non-hydrogen) atoms. The predicted molar refractivity (Wildman–Crippen MR) is 120 cm³/mol. The monoisotopic (exact) mass is 442 g/mol. The van der Waals surface area contributed by atoms with Gasteiger partial charge in [-0.05, 0) is 50.1 Å². The Morgan fingerprint density at radius 3 is 2.41 bits per heavy atom. The lowest BCUT2D eigenvalue weighted by atomic mass is 10.2. The van der Waals surface area contributed by atoms with Crippen LogP contribution in [0.15, 0.2) is 35.2 Å². The van der Waals surface area contributed by atoms with Crippen LogP contribution in [0.2, 0.25) is 0 Å². The number of benzene rings is 1. The second kappa shape index (κ2) is 12.5. The maximum atomic E-state index is 12.6. The number of nitrogens with zero attached hydrogens (tertiary/aromatic N) is 2. The van der Waals surface area contributed by atoms with Crippen LogP contribution in [-0.4, -0.2) is 88.0 Å². The minimum absolute atomic E-state index is 0.174. The Labute approximate surface area is 179 Å². The predicted octanol–water partition coefficient (Wildman–Crippen LogP) is 1.23. The lowest BCUT2D eigenvalue weighted by molar-refractivity contribution is -0.122. The Bertz CT molecular complexity index is 708. The summed E-state index contributed by atoms with van der Waals surface area (Å²) in [7, 11) is -3.72. The van der Waals surface area contributed by atoms with Crippen LogP contribution in [0.3, 0.4) is 0 Å². The summed E-state index contributed by atoms with van der Waals surface area (Å²) in [6, 6.07) is 7.41. The molecule has 1 aliphatic rings. The number of nitrogens with one attached hydrogen (secondary N) is 2. The third kappa shape index (κ3) is 8.25. The molecule has 7 nitrogen and oxygen atoms in total. The molecule has 0 bridgehead atoms. The van der Waals surface area contributed by atoms with Crippen LogP contribution in [0.4, 0.5) is 0 Å². The van der Waals surface area contributed by atoms with Crippen LogP contribution >= 0.6 is 11.8 Å². The molecule has 0 aromatic heterocycles. The van der Waals surface area contributed by atoms with E-state index < -0.39 is 16.1 Å². The molecule has 2 N–H and O–H groups in total. The highest BCUT2D eigenvalue weighted by Gasteiger charge is 2.25. The largest absolute Gasteiger partial charge is 0.355 e. The molecule has 1 fully saturated rings. The smallest absolute Gasteiger partial charge is 0.241 e. The van der Waals surface area contributed by atoms with Gasteiger partial charge in [0.25, 0.3) is 0 Å².